The van der Waals surface area contributed by atoms with Gasteiger partial charge in [0.2, 0.25) is 11.1 Å². The zero-order valence-corrected chi connectivity index (χ0v) is 16.7. The van der Waals surface area contributed by atoms with Gasteiger partial charge in [-0.3, -0.25) is 4.79 Å². The second-order valence-electron chi connectivity index (χ2n) is 6.95. The molecule has 28 heavy (non-hydrogen) atoms. The van der Waals surface area contributed by atoms with Crippen molar-refractivity contribution >= 4 is 29.3 Å². The molecule has 9 heteroatoms. The average molecular weight is 395 g/mol. The van der Waals surface area contributed by atoms with E-state index in [2.05, 4.69) is 31.0 Å². The first-order chi connectivity index (χ1) is 13.6. The number of rotatable bonds is 5. The van der Waals surface area contributed by atoms with Crippen LogP contribution in [0.5, 0.6) is 0 Å². The molecular weight excluding hydrogens is 374 g/mol. The Hall–Kier alpha value is -2.86. The number of fused-ring (bicyclic) bond motifs is 1. The van der Waals surface area contributed by atoms with Gasteiger partial charge in [-0.15, -0.1) is 5.10 Å². The predicted octanol–water partition coefficient (Wildman–Crippen LogP) is 3.26. The Balaban J connectivity index is 1.52. The van der Waals surface area contributed by atoms with Crippen molar-refractivity contribution in [3.8, 4) is 6.07 Å². The molecular formula is C19H21N7OS. The second kappa shape index (κ2) is 7.64. The minimum absolute atomic E-state index is 0.162. The molecule has 0 unspecified atom stereocenters. The number of nitrogens with one attached hydrogen (secondary N) is 1. The molecule has 1 N–H and O–H groups in total. The SMILES string of the molecule is Cc1c(C#N)c(NC(=O)CSc2nc3ncccn3n2)n(C2CCCC2)c1C. The fourth-order valence-electron chi connectivity index (χ4n) is 3.78. The Bertz CT molecular complexity index is 1040. The maximum absolute atomic E-state index is 12.6. The molecule has 1 aliphatic carbocycles. The van der Waals surface area contributed by atoms with E-state index in [9.17, 15) is 10.1 Å². The third-order valence-corrected chi connectivity index (χ3v) is 6.08. The van der Waals surface area contributed by atoms with E-state index in [0.717, 1.165) is 24.1 Å². The molecule has 1 fully saturated rings. The zero-order chi connectivity index (χ0) is 19.7. The fourth-order valence-corrected chi connectivity index (χ4v) is 4.40. The van der Waals surface area contributed by atoms with E-state index in [0.29, 0.717) is 28.4 Å². The number of anilines is 1. The van der Waals surface area contributed by atoms with Crippen LogP contribution in [0.25, 0.3) is 5.78 Å². The number of aromatic nitrogens is 5. The van der Waals surface area contributed by atoms with Gasteiger partial charge in [0.1, 0.15) is 11.9 Å². The largest absolute Gasteiger partial charge is 0.327 e. The van der Waals surface area contributed by atoms with Crippen LogP contribution in [0, 0.1) is 25.2 Å². The Morgan fingerprint density at radius 2 is 2.18 bits per heavy atom. The van der Waals surface area contributed by atoms with Crippen molar-refractivity contribution in [1.29, 1.82) is 5.26 Å². The summed E-state index contributed by atoms with van der Waals surface area (Å²) in [6, 6.07) is 4.38. The lowest BCUT2D eigenvalue weighted by molar-refractivity contribution is -0.113. The standard InChI is InChI=1S/C19H21N7OS/c1-12-13(2)26(14-6-3-4-7-14)17(15(12)10-20)22-16(27)11-28-19-23-18-21-8-5-9-25(18)24-19/h5,8-9,14H,3-4,6-7,11H2,1-2H3,(H,22,27). The molecule has 1 saturated carbocycles. The minimum atomic E-state index is -0.176. The number of carbonyl (C=O) groups excluding carboxylic acids is 1. The van der Waals surface area contributed by atoms with E-state index in [1.54, 1.807) is 23.0 Å². The van der Waals surface area contributed by atoms with Crippen LogP contribution in [0.15, 0.2) is 23.6 Å². The molecule has 0 spiro atoms. The van der Waals surface area contributed by atoms with Crippen molar-refractivity contribution in [2.75, 3.05) is 11.1 Å². The summed E-state index contributed by atoms with van der Waals surface area (Å²) in [6.45, 7) is 3.96. The van der Waals surface area contributed by atoms with Gasteiger partial charge in [-0.25, -0.2) is 9.50 Å². The van der Waals surface area contributed by atoms with Crippen molar-refractivity contribution < 1.29 is 4.79 Å². The molecule has 8 nitrogen and oxygen atoms in total. The highest BCUT2D eigenvalue weighted by Crippen LogP contribution is 2.37. The van der Waals surface area contributed by atoms with E-state index in [4.69, 9.17) is 0 Å². The number of nitrogens with zero attached hydrogens (tertiary/aromatic N) is 6. The topological polar surface area (TPSA) is 101 Å². The van der Waals surface area contributed by atoms with E-state index in [1.807, 2.05) is 13.8 Å². The summed E-state index contributed by atoms with van der Waals surface area (Å²) in [4.78, 5) is 21.0. The Morgan fingerprint density at radius 3 is 2.89 bits per heavy atom. The first-order valence-electron chi connectivity index (χ1n) is 9.30. The summed E-state index contributed by atoms with van der Waals surface area (Å²) in [7, 11) is 0. The molecule has 0 radical (unpaired) electrons. The first kappa shape index (κ1) is 18.5. The highest BCUT2D eigenvalue weighted by Gasteiger charge is 2.26. The van der Waals surface area contributed by atoms with Gasteiger partial charge in [-0.1, -0.05) is 24.6 Å². The van der Waals surface area contributed by atoms with Crippen LogP contribution < -0.4 is 5.32 Å². The lowest BCUT2D eigenvalue weighted by Crippen LogP contribution is -2.19. The summed E-state index contributed by atoms with van der Waals surface area (Å²) in [5, 5.41) is 17.4. The van der Waals surface area contributed by atoms with Crippen molar-refractivity contribution in [1.82, 2.24) is 24.1 Å². The van der Waals surface area contributed by atoms with Gasteiger partial charge in [0.25, 0.3) is 5.78 Å². The molecule has 4 rings (SSSR count). The molecule has 0 saturated heterocycles. The van der Waals surface area contributed by atoms with E-state index >= 15 is 0 Å². The molecule has 144 valence electrons. The van der Waals surface area contributed by atoms with Crippen LogP contribution in [0.3, 0.4) is 0 Å². The van der Waals surface area contributed by atoms with Crippen molar-refractivity contribution in [3.63, 3.8) is 0 Å². The van der Waals surface area contributed by atoms with Crippen LogP contribution in [-0.4, -0.2) is 35.8 Å². The van der Waals surface area contributed by atoms with Crippen molar-refractivity contribution in [2.24, 2.45) is 0 Å². The third-order valence-electron chi connectivity index (χ3n) is 5.25. The smallest absolute Gasteiger partial charge is 0.253 e. The zero-order valence-electron chi connectivity index (χ0n) is 15.8. The number of amides is 1. The maximum Gasteiger partial charge on any atom is 0.253 e. The molecule has 3 heterocycles. The van der Waals surface area contributed by atoms with Crippen molar-refractivity contribution in [2.45, 2.75) is 50.7 Å². The van der Waals surface area contributed by atoms with Gasteiger partial charge in [-0.05, 0) is 38.3 Å². The molecule has 3 aromatic heterocycles. The van der Waals surface area contributed by atoms with Crippen LogP contribution in [-0.2, 0) is 4.79 Å². The normalized spacial score (nSPS) is 14.5. The molecule has 0 aromatic carbocycles. The lowest BCUT2D eigenvalue weighted by Gasteiger charge is -2.19. The van der Waals surface area contributed by atoms with Gasteiger partial charge >= 0.3 is 0 Å². The highest BCUT2D eigenvalue weighted by atomic mass is 32.2. The van der Waals surface area contributed by atoms with Crippen LogP contribution >= 0.6 is 11.8 Å². The summed E-state index contributed by atoms with van der Waals surface area (Å²) >= 11 is 1.25. The first-order valence-corrected chi connectivity index (χ1v) is 10.3. The quantitative estimate of drug-likeness (QED) is 0.666. The average Bonchev–Trinajstić information content (AvgIpc) is 3.40. The van der Waals surface area contributed by atoms with Crippen LogP contribution in [0.2, 0.25) is 0 Å². The molecule has 1 amide bonds. The summed E-state index contributed by atoms with van der Waals surface area (Å²) in [5.41, 5.74) is 2.54. The molecule has 0 atom stereocenters. The molecule has 0 aliphatic heterocycles. The molecule has 1 aliphatic rings. The number of nitriles is 1. The van der Waals surface area contributed by atoms with Crippen molar-refractivity contribution in [3.05, 3.63) is 35.3 Å². The van der Waals surface area contributed by atoms with Gasteiger partial charge in [-0.2, -0.15) is 10.2 Å². The summed E-state index contributed by atoms with van der Waals surface area (Å²) in [5.74, 6) is 1.11. The van der Waals surface area contributed by atoms with E-state index < -0.39 is 0 Å². The van der Waals surface area contributed by atoms with Crippen LogP contribution in [0.4, 0.5) is 5.82 Å². The highest BCUT2D eigenvalue weighted by molar-refractivity contribution is 7.99. The van der Waals surface area contributed by atoms with Gasteiger partial charge in [0, 0.05) is 24.1 Å². The number of hydrogen-bond acceptors (Lipinski definition) is 6. The summed E-state index contributed by atoms with van der Waals surface area (Å²) < 4.78 is 3.72. The van der Waals surface area contributed by atoms with Gasteiger partial charge in [0.15, 0.2) is 0 Å². The van der Waals surface area contributed by atoms with Crippen LogP contribution in [0.1, 0.15) is 48.5 Å². The minimum Gasteiger partial charge on any atom is -0.327 e. The number of carbonyl (C=O) groups is 1. The van der Waals surface area contributed by atoms with Gasteiger partial charge in [0.05, 0.1) is 11.3 Å². The Labute approximate surface area is 167 Å². The monoisotopic (exact) mass is 395 g/mol. The maximum atomic E-state index is 12.6. The number of hydrogen-bond donors (Lipinski definition) is 1. The predicted molar refractivity (Wildman–Crippen MR) is 106 cm³/mol. The summed E-state index contributed by atoms with van der Waals surface area (Å²) in [6.07, 6.45) is 7.93. The van der Waals surface area contributed by atoms with E-state index in [1.165, 1.54) is 24.6 Å². The van der Waals surface area contributed by atoms with E-state index in [-0.39, 0.29) is 11.7 Å². The lowest BCUT2D eigenvalue weighted by atomic mass is 10.2. The fraction of sp³-hybridized carbons (Fsp3) is 0.421. The number of thioether (sulfide) groups is 1. The Kier molecular flexibility index (Phi) is 5.05. The Morgan fingerprint density at radius 1 is 1.39 bits per heavy atom. The molecule has 0 bridgehead atoms. The third kappa shape index (κ3) is 3.36. The second-order valence-corrected chi connectivity index (χ2v) is 7.89. The van der Waals surface area contributed by atoms with Gasteiger partial charge < -0.3 is 9.88 Å². The molecule has 3 aromatic rings.